The fourth-order valence-electron chi connectivity index (χ4n) is 2.27. The number of amides is 1. The third-order valence-electron chi connectivity index (χ3n) is 3.76. The van der Waals surface area contributed by atoms with Gasteiger partial charge in [0.2, 0.25) is 10.0 Å². The van der Waals surface area contributed by atoms with Gasteiger partial charge in [-0.3, -0.25) is 4.79 Å². The zero-order valence-corrected chi connectivity index (χ0v) is 16.6. The van der Waals surface area contributed by atoms with Crippen molar-refractivity contribution in [3.8, 4) is 0 Å². The molecule has 1 saturated carbocycles. The van der Waals surface area contributed by atoms with Gasteiger partial charge in [0.25, 0.3) is 5.91 Å². The number of hydrogen-bond donors (Lipinski definition) is 2. The van der Waals surface area contributed by atoms with Gasteiger partial charge >= 0.3 is 5.97 Å². The van der Waals surface area contributed by atoms with Gasteiger partial charge in [-0.15, -0.1) is 0 Å². The largest absolute Gasteiger partial charge is 0.449 e. The second-order valence-corrected chi connectivity index (χ2v) is 9.35. The molecule has 0 radical (unpaired) electrons. The number of sulfonamides is 1. The van der Waals surface area contributed by atoms with Gasteiger partial charge in [0, 0.05) is 11.6 Å². The molecule has 1 fully saturated rings. The molecule has 1 aromatic carbocycles. The summed E-state index contributed by atoms with van der Waals surface area (Å²) in [6.45, 7) is 8.36. The van der Waals surface area contributed by atoms with E-state index in [1.54, 1.807) is 33.8 Å². The average molecular weight is 382 g/mol. The Morgan fingerprint density at radius 2 is 1.85 bits per heavy atom. The lowest BCUT2D eigenvalue weighted by Crippen LogP contribution is -2.40. The number of hydrogen-bond acceptors (Lipinski definition) is 5. The van der Waals surface area contributed by atoms with Gasteiger partial charge in [-0.25, -0.2) is 17.9 Å². The topological polar surface area (TPSA) is 102 Å². The Kier molecular flexibility index (Phi) is 5.77. The molecule has 1 aromatic rings. The fraction of sp³-hybridized carbons (Fsp3) is 0.556. The van der Waals surface area contributed by atoms with Crippen LogP contribution in [-0.2, 0) is 19.6 Å². The van der Waals surface area contributed by atoms with Crippen molar-refractivity contribution in [3.05, 3.63) is 29.3 Å². The van der Waals surface area contributed by atoms with Crippen molar-refractivity contribution in [2.24, 2.45) is 0 Å². The summed E-state index contributed by atoms with van der Waals surface area (Å²) in [5, 5.41) is 2.76. The molecule has 26 heavy (non-hydrogen) atoms. The van der Waals surface area contributed by atoms with Crippen LogP contribution in [0.4, 0.5) is 0 Å². The monoisotopic (exact) mass is 382 g/mol. The highest BCUT2D eigenvalue weighted by atomic mass is 32.2. The summed E-state index contributed by atoms with van der Waals surface area (Å²) in [7, 11) is -3.78. The van der Waals surface area contributed by atoms with Gasteiger partial charge in [0.1, 0.15) is 0 Å². The summed E-state index contributed by atoms with van der Waals surface area (Å²) in [6, 6.07) is 4.42. The van der Waals surface area contributed by atoms with Gasteiger partial charge in [-0.1, -0.05) is 6.07 Å². The Balaban J connectivity index is 2.17. The number of esters is 1. The second-order valence-electron chi connectivity index (χ2n) is 7.66. The molecule has 8 heteroatoms. The predicted octanol–water partition coefficient (Wildman–Crippen LogP) is 1.90. The van der Waals surface area contributed by atoms with Crippen LogP contribution in [0.3, 0.4) is 0 Å². The van der Waals surface area contributed by atoms with Gasteiger partial charge in [-0.2, -0.15) is 0 Å². The minimum absolute atomic E-state index is 0.0277. The number of carbonyl (C=O) groups is 2. The molecule has 1 aliphatic rings. The quantitative estimate of drug-likeness (QED) is 0.732. The van der Waals surface area contributed by atoms with E-state index in [1.807, 2.05) is 0 Å². The van der Waals surface area contributed by atoms with Gasteiger partial charge in [-0.05, 0) is 65.2 Å². The van der Waals surface area contributed by atoms with Crippen molar-refractivity contribution in [1.29, 1.82) is 0 Å². The maximum absolute atomic E-state index is 12.5. The molecule has 2 N–H and O–H groups in total. The highest BCUT2D eigenvalue weighted by Gasteiger charge is 2.28. The minimum Gasteiger partial charge on any atom is -0.449 e. The molecule has 0 saturated heterocycles. The molecular weight excluding hydrogens is 356 g/mol. The fourth-order valence-corrected chi connectivity index (χ4v) is 3.72. The molecule has 1 amide bonds. The molecule has 1 aliphatic carbocycles. The number of rotatable bonds is 6. The molecule has 0 heterocycles. The van der Waals surface area contributed by atoms with Gasteiger partial charge < -0.3 is 10.1 Å². The van der Waals surface area contributed by atoms with Gasteiger partial charge in [0.05, 0.1) is 10.5 Å². The smallest absolute Gasteiger partial charge is 0.339 e. The van der Waals surface area contributed by atoms with Crippen LogP contribution >= 0.6 is 0 Å². The number of nitrogens with one attached hydrogen (secondary N) is 2. The molecule has 0 bridgehead atoms. The van der Waals surface area contributed by atoms with Crippen LogP contribution in [0.2, 0.25) is 0 Å². The lowest BCUT2D eigenvalue weighted by molar-refractivity contribution is -0.129. The predicted molar refractivity (Wildman–Crippen MR) is 97.3 cm³/mol. The first-order valence-corrected chi connectivity index (χ1v) is 10.0. The number of aryl methyl sites for hydroxylation is 1. The highest BCUT2D eigenvalue weighted by molar-refractivity contribution is 7.89. The average Bonchev–Trinajstić information content (AvgIpc) is 3.28. The Hall–Kier alpha value is -1.93. The summed E-state index contributed by atoms with van der Waals surface area (Å²) in [4.78, 5) is 24.3. The summed E-state index contributed by atoms with van der Waals surface area (Å²) in [5.74, 6) is -1.08. The van der Waals surface area contributed by atoms with Crippen LogP contribution in [0, 0.1) is 6.92 Å². The molecule has 2 rings (SSSR count). The van der Waals surface area contributed by atoms with Crippen LogP contribution in [0.15, 0.2) is 23.1 Å². The van der Waals surface area contributed by atoms with Crippen molar-refractivity contribution in [2.45, 2.75) is 70.0 Å². The molecule has 1 atom stereocenters. The lowest BCUT2D eigenvalue weighted by atomic mass is 10.1. The summed E-state index contributed by atoms with van der Waals surface area (Å²) < 4.78 is 32.7. The van der Waals surface area contributed by atoms with Crippen molar-refractivity contribution in [1.82, 2.24) is 10.0 Å². The van der Waals surface area contributed by atoms with E-state index in [2.05, 4.69) is 10.0 Å². The van der Waals surface area contributed by atoms with Crippen molar-refractivity contribution < 1.29 is 22.7 Å². The third-order valence-corrected chi connectivity index (χ3v) is 5.51. The van der Waals surface area contributed by atoms with E-state index < -0.39 is 27.6 Å². The third kappa shape index (κ3) is 5.54. The van der Waals surface area contributed by atoms with E-state index >= 15 is 0 Å². The molecule has 0 aromatic heterocycles. The normalized spacial score (nSPS) is 16.0. The van der Waals surface area contributed by atoms with Crippen molar-refractivity contribution >= 4 is 21.9 Å². The van der Waals surface area contributed by atoms with Crippen molar-refractivity contribution in [3.63, 3.8) is 0 Å². The number of ether oxygens (including phenoxy) is 1. The SMILES string of the molecule is Cc1ccc(S(=O)(=O)NC(C)(C)C)cc1C(=O)O[C@H](C)C(=O)NC1CC1. The maximum Gasteiger partial charge on any atom is 0.339 e. The number of carbonyl (C=O) groups excluding carboxylic acids is 2. The van der Waals surface area contributed by atoms with Crippen molar-refractivity contribution in [2.75, 3.05) is 0 Å². The molecule has 0 unspecified atom stereocenters. The molecular formula is C18H26N2O5S. The Morgan fingerprint density at radius 1 is 1.23 bits per heavy atom. The molecule has 7 nitrogen and oxygen atoms in total. The van der Waals surface area contributed by atoms with E-state index in [1.165, 1.54) is 19.1 Å². The van der Waals surface area contributed by atoms with E-state index in [0.29, 0.717) is 5.56 Å². The van der Waals surface area contributed by atoms with Crippen LogP contribution < -0.4 is 10.0 Å². The zero-order valence-electron chi connectivity index (χ0n) is 15.8. The summed E-state index contributed by atoms with van der Waals surface area (Å²) in [6.07, 6.45) is 0.925. The molecule has 0 spiro atoms. The lowest BCUT2D eigenvalue weighted by Gasteiger charge is -2.21. The standard InChI is InChI=1S/C18H26N2O5S/c1-11-6-9-14(26(23,24)20-18(3,4)5)10-15(11)17(22)25-12(2)16(21)19-13-7-8-13/h6,9-10,12-13,20H,7-8H2,1-5H3,(H,19,21)/t12-/m1/s1. The Bertz CT molecular complexity index is 807. The Labute approximate surface area is 154 Å². The Morgan fingerprint density at radius 3 is 2.38 bits per heavy atom. The van der Waals surface area contributed by atoms with E-state index in [-0.39, 0.29) is 22.4 Å². The molecule has 144 valence electrons. The van der Waals surface area contributed by atoms with Crippen LogP contribution in [0.1, 0.15) is 56.5 Å². The summed E-state index contributed by atoms with van der Waals surface area (Å²) >= 11 is 0. The van der Waals surface area contributed by atoms with E-state index in [9.17, 15) is 18.0 Å². The van der Waals surface area contributed by atoms with E-state index in [0.717, 1.165) is 12.8 Å². The van der Waals surface area contributed by atoms with Crippen LogP contribution in [-0.4, -0.2) is 38.0 Å². The van der Waals surface area contributed by atoms with Gasteiger partial charge in [0.15, 0.2) is 6.10 Å². The number of benzene rings is 1. The first-order valence-electron chi connectivity index (χ1n) is 8.55. The molecule has 0 aliphatic heterocycles. The summed E-state index contributed by atoms with van der Waals surface area (Å²) in [5.41, 5.74) is 0.0344. The first-order chi connectivity index (χ1) is 11.9. The van der Waals surface area contributed by atoms with Crippen LogP contribution in [0.25, 0.3) is 0 Å². The zero-order chi connectivity index (χ0) is 19.7. The highest BCUT2D eigenvalue weighted by Crippen LogP contribution is 2.20. The van der Waals surface area contributed by atoms with E-state index in [4.69, 9.17) is 4.74 Å². The van der Waals surface area contributed by atoms with Crippen LogP contribution in [0.5, 0.6) is 0 Å². The minimum atomic E-state index is -3.78. The first kappa shape index (κ1) is 20.4. The maximum atomic E-state index is 12.5. The second kappa shape index (κ2) is 7.36.